The van der Waals surface area contributed by atoms with E-state index in [1.807, 2.05) is 5.48 Å². The second-order valence-corrected chi connectivity index (χ2v) is 6.07. The van der Waals surface area contributed by atoms with Crippen molar-refractivity contribution in [3.8, 4) is 0 Å². The highest BCUT2D eigenvalue weighted by Crippen LogP contribution is 2.24. The molecule has 0 aromatic rings. The summed E-state index contributed by atoms with van der Waals surface area (Å²) >= 11 is 0. The number of hydroxylamine groups is 1. The lowest BCUT2D eigenvalue weighted by Crippen LogP contribution is -2.58. The van der Waals surface area contributed by atoms with Gasteiger partial charge in [-0.3, -0.25) is 0 Å². The minimum atomic E-state index is -1.11. The summed E-state index contributed by atoms with van der Waals surface area (Å²) in [6.45, 7) is 5.34. The molecule has 0 fully saturated rings. The predicted octanol–water partition coefficient (Wildman–Crippen LogP) is 3.50. The molecular formula is C16H34NO3-. The number of aliphatic hydroxyl groups excluding tert-OH is 2. The van der Waals surface area contributed by atoms with Crippen LogP contribution < -0.4 is 5.48 Å². The molecule has 0 aromatic heterocycles. The van der Waals surface area contributed by atoms with E-state index in [1.165, 1.54) is 44.9 Å². The molecule has 0 bridgehead atoms. The Morgan fingerprint density at radius 2 is 1.25 bits per heavy atom. The van der Waals surface area contributed by atoms with E-state index in [2.05, 4.69) is 6.92 Å². The van der Waals surface area contributed by atoms with Gasteiger partial charge in [-0.25, -0.2) is 0 Å². The molecule has 0 saturated carbocycles. The van der Waals surface area contributed by atoms with E-state index >= 15 is 0 Å². The average molecular weight is 288 g/mol. The first-order chi connectivity index (χ1) is 9.51. The normalized spacial score (nSPS) is 17.7. The van der Waals surface area contributed by atoms with Gasteiger partial charge in [0.1, 0.15) is 0 Å². The maximum Gasteiger partial charge on any atom is 0.0710 e. The summed E-state index contributed by atoms with van der Waals surface area (Å²) in [5.74, 6) is 0. The molecule has 0 aliphatic heterocycles. The molecule has 0 rings (SSSR count). The molecule has 0 amide bonds. The summed E-state index contributed by atoms with van der Waals surface area (Å²) in [5.41, 5.74) is 0.780. The molecule has 2 atom stereocenters. The van der Waals surface area contributed by atoms with Gasteiger partial charge in [-0.1, -0.05) is 64.7 Å². The highest BCUT2D eigenvalue weighted by atomic mass is 16.5. The van der Waals surface area contributed by atoms with Gasteiger partial charge in [-0.15, -0.1) is 0 Å². The zero-order chi connectivity index (χ0) is 15.4. The average Bonchev–Trinajstić information content (AvgIpc) is 2.40. The lowest BCUT2D eigenvalue weighted by Gasteiger charge is -2.43. The molecule has 0 aliphatic rings. The van der Waals surface area contributed by atoms with Crippen molar-refractivity contribution in [3.63, 3.8) is 0 Å². The molecule has 0 aliphatic carbocycles. The highest BCUT2D eigenvalue weighted by Gasteiger charge is 2.36. The van der Waals surface area contributed by atoms with Crippen molar-refractivity contribution in [2.45, 2.75) is 103 Å². The van der Waals surface area contributed by atoms with Crippen molar-refractivity contribution in [1.29, 1.82) is 0 Å². The Kier molecular flexibility index (Phi) is 11.4. The molecule has 122 valence electrons. The molecule has 4 nitrogen and oxygen atoms in total. The van der Waals surface area contributed by atoms with Crippen molar-refractivity contribution in [2.75, 3.05) is 0 Å². The number of hydrogen-bond donors (Lipinski definition) is 3. The highest BCUT2D eigenvalue weighted by molar-refractivity contribution is 4.97. The van der Waals surface area contributed by atoms with Crippen LogP contribution in [0.5, 0.6) is 0 Å². The largest absolute Gasteiger partial charge is 0.787 e. The number of aliphatic hydroxyl groups is 2. The zero-order valence-corrected chi connectivity index (χ0v) is 13.5. The van der Waals surface area contributed by atoms with Crippen LogP contribution in [0, 0.1) is 5.21 Å². The first-order valence-electron chi connectivity index (χ1n) is 8.26. The molecule has 0 spiro atoms. The fourth-order valence-electron chi connectivity index (χ4n) is 2.72. The Morgan fingerprint density at radius 1 is 0.850 bits per heavy atom. The van der Waals surface area contributed by atoms with E-state index in [9.17, 15) is 15.4 Å². The smallest absolute Gasteiger partial charge is 0.0710 e. The van der Waals surface area contributed by atoms with Gasteiger partial charge < -0.3 is 20.9 Å². The Balaban J connectivity index is 3.75. The Morgan fingerprint density at radius 3 is 1.60 bits per heavy atom. The van der Waals surface area contributed by atoms with E-state index in [0.717, 1.165) is 12.8 Å². The summed E-state index contributed by atoms with van der Waals surface area (Å²) < 4.78 is 0. The van der Waals surface area contributed by atoms with Gasteiger partial charge in [-0.2, -0.15) is 0 Å². The maximum atomic E-state index is 11.1. The van der Waals surface area contributed by atoms with Crippen molar-refractivity contribution >= 4 is 0 Å². The molecule has 20 heavy (non-hydrogen) atoms. The van der Waals surface area contributed by atoms with Crippen LogP contribution in [-0.2, 0) is 0 Å². The van der Waals surface area contributed by atoms with Crippen LogP contribution in [0.3, 0.4) is 0 Å². The predicted molar refractivity (Wildman–Crippen MR) is 84.4 cm³/mol. The summed E-state index contributed by atoms with van der Waals surface area (Å²) in [7, 11) is 0. The summed E-state index contributed by atoms with van der Waals surface area (Å²) in [4.78, 5) is 0. The summed E-state index contributed by atoms with van der Waals surface area (Å²) in [6, 6.07) is 0. The topological polar surface area (TPSA) is 75.5 Å². The third kappa shape index (κ3) is 7.02. The molecule has 3 N–H and O–H groups in total. The van der Waals surface area contributed by atoms with Crippen molar-refractivity contribution in [1.82, 2.24) is 5.48 Å². The second-order valence-electron chi connectivity index (χ2n) is 6.07. The van der Waals surface area contributed by atoms with E-state index in [0.29, 0.717) is 6.42 Å². The Labute approximate surface area is 124 Å². The monoisotopic (exact) mass is 288 g/mol. The van der Waals surface area contributed by atoms with Gasteiger partial charge in [0.05, 0.1) is 17.7 Å². The van der Waals surface area contributed by atoms with Crippen molar-refractivity contribution in [3.05, 3.63) is 5.21 Å². The number of rotatable bonds is 13. The molecule has 0 aromatic carbocycles. The van der Waals surface area contributed by atoms with Crippen LogP contribution >= 0.6 is 0 Å². The standard InChI is InChI=1S/C16H34NO3/c1-4-5-6-7-8-9-10-11-12-13-16(17-20,14(2)18)15(3)19/h14-15,17-19H,4-13H2,1-3H3/q-1. The van der Waals surface area contributed by atoms with E-state index < -0.39 is 17.7 Å². The molecule has 4 heteroatoms. The first kappa shape index (κ1) is 19.8. The quantitative estimate of drug-likeness (QED) is 0.358. The van der Waals surface area contributed by atoms with E-state index in [-0.39, 0.29) is 0 Å². The van der Waals surface area contributed by atoms with Gasteiger partial charge in [0, 0.05) is 0 Å². The third-order valence-corrected chi connectivity index (χ3v) is 4.38. The number of unbranched alkanes of at least 4 members (excludes halogenated alkanes) is 8. The van der Waals surface area contributed by atoms with Crippen LogP contribution in [0.1, 0.15) is 85.0 Å². The van der Waals surface area contributed by atoms with Crippen LogP contribution in [0.25, 0.3) is 0 Å². The summed E-state index contributed by atoms with van der Waals surface area (Å²) in [6.07, 6.45) is 9.69. The van der Waals surface area contributed by atoms with Crippen LogP contribution in [0.2, 0.25) is 0 Å². The Hall–Kier alpha value is -0.160. The molecular weight excluding hydrogens is 254 g/mol. The van der Waals surface area contributed by atoms with E-state index in [1.54, 1.807) is 13.8 Å². The SMILES string of the molecule is CCCCCCCCCCCC(N[O-])(C(C)O)C(C)O. The van der Waals surface area contributed by atoms with Gasteiger partial charge >= 0.3 is 0 Å². The zero-order valence-electron chi connectivity index (χ0n) is 13.5. The Bertz CT molecular complexity index is 212. The number of nitrogens with one attached hydrogen (secondary N) is 1. The van der Waals surface area contributed by atoms with Gasteiger partial charge in [-0.05, 0) is 20.3 Å². The molecule has 0 heterocycles. The van der Waals surface area contributed by atoms with Gasteiger partial charge in [0.15, 0.2) is 0 Å². The van der Waals surface area contributed by atoms with Gasteiger partial charge in [0.2, 0.25) is 0 Å². The van der Waals surface area contributed by atoms with Crippen LogP contribution in [-0.4, -0.2) is 28.0 Å². The fourth-order valence-corrected chi connectivity index (χ4v) is 2.72. The lowest BCUT2D eigenvalue weighted by molar-refractivity contribution is -0.0148. The van der Waals surface area contributed by atoms with E-state index in [4.69, 9.17) is 0 Å². The number of hydrogen-bond acceptors (Lipinski definition) is 4. The summed E-state index contributed by atoms with van der Waals surface area (Å²) in [5, 5.41) is 30.6. The van der Waals surface area contributed by atoms with Crippen LogP contribution in [0.4, 0.5) is 0 Å². The minimum absolute atomic E-state index is 0.516. The molecule has 0 saturated heterocycles. The third-order valence-electron chi connectivity index (χ3n) is 4.38. The minimum Gasteiger partial charge on any atom is -0.787 e. The van der Waals surface area contributed by atoms with Gasteiger partial charge in [0.25, 0.3) is 0 Å². The fraction of sp³-hybridized carbons (Fsp3) is 1.00. The molecule has 2 unspecified atom stereocenters. The van der Waals surface area contributed by atoms with Crippen LogP contribution in [0.15, 0.2) is 0 Å². The lowest BCUT2D eigenvalue weighted by atomic mass is 9.83. The maximum absolute atomic E-state index is 11.1. The first-order valence-corrected chi connectivity index (χ1v) is 8.26. The molecule has 0 radical (unpaired) electrons. The second kappa shape index (κ2) is 11.5. The van der Waals surface area contributed by atoms with Crippen molar-refractivity contribution in [2.24, 2.45) is 0 Å². The van der Waals surface area contributed by atoms with Crippen molar-refractivity contribution < 1.29 is 10.2 Å².